The zero-order chi connectivity index (χ0) is 14.8. The highest BCUT2D eigenvalue weighted by atomic mass is 16.6. The molecule has 108 valence electrons. The minimum atomic E-state index is -0.577. The van der Waals surface area contributed by atoms with Crippen molar-refractivity contribution in [3.63, 3.8) is 0 Å². The van der Waals surface area contributed by atoms with Crippen molar-refractivity contribution in [2.45, 2.75) is 38.8 Å². The molecule has 0 aromatic carbocycles. The molecule has 2 amide bonds. The van der Waals surface area contributed by atoms with Crippen LogP contribution in [0.4, 0.5) is 10.6 Å². The van der Waals surface area contributed by atoms with E-state index in [0.29, 0.717) is 18.8 Å². The minimum Gasteiger partial charge on any atom is -0.444 e. The molecule has 6 heteroatoms. The van der Waals surface area contributed by atoms with Crippen LogP contribution in [0.5, 0.6) is 0 Å². The van der Waals surface area contributed by atoms with E-state index >= 15 is 0 Å². The second-order valence-corrected chi connectivity index (χ2v) is 5.67. The number of nitrogens with zero attached hydrogens (tertiary/aromatic N) is 2. The summed E-state index contributed by atoms with van der Waals surface area (Å²) < 4.78 is 5.15. The molecule has 1 aromatic heterocycles. The van der Waals surface area contributed by atoms with Crippen molar-refractivity contribution >= 4 is 17.8 Å². The average molecular weight is 277 g/mol. The van der Waals surface area contributed by atoms with Gasteiger partial charge in [-0.25, -0.2) is 9.78 Å². The zero-order valence-electron chi connectivity index (χ0n) is 11.9. The van der Waals surface area contributed by atoms with Gasteiger partial charge < -0.3 is 10.1 Å². The Morgan fingerprint density at radius 1 is 1.45 bits per heavy atom. The summed E-state index contributed by atoms with van der Waals surface area (Å²) in [6, 6.07) is 4.84. The number of rotatable bonds is 2. The summed E-state index contributed by atoms with van der Waals surface area (Å²) in [6.07, 6.45) is 1.62. The van der Waals surface area contributed by atoms with E-state index < -0.39 is 17.7 Å². The van der Waals surface area contributed by atoms with Crippen molar-refractivity contribution in [3.8, 4) is 0 Å². The number of ether oxygens (including phenoxy) is 1. The summed E-state index contributed by atoms with van der Waals surface area (Å²) in [6.45, 7) is 5.88. The second-order valence-electron chi connectivity index (χ2n) is 5.67. The number of hydrogen-bond acceptors (Lipinski definition) is 4. The summed E-state index contributed by atoms with van der Waals surface area (Å²) in [7, 11) is 0. The topological polar surface area (TPSA) is 71.5 Å². The first-order valence-corrected chi connectivity index (χ1v) is 6.59. The molecule has 6 nitrogen and oxygen atoms in total. The first-order chi connectivity index (χ1) is 9.37. The van der Waals surface area contributed by atoms with Gasteiger partial charge in [0.25, 0.3) is 5.91 Å². The van der Waals surface area contributed by atoms with Gasteiger partial charge in [-0.15, -0.1) is 0 Å². The van der Waals surface area contributed by atoms with Crippen LogP contribution in [0.1, 0.15) is 27.2 Å². The molecule has 1 unspecified atom stereocenters. The van der Waals surface area contributed by atoms with Gasteiger partial charge in [0.2, 0.25) is 0 Å². The van der Waals surface area contributed by atoms with Gasteiger partial charge >= 0.3 is 6.09 Å². The molecule has 0 spiro atoms. The Hall–Kier alpha value is -2.11. The van der Waals surface area contributed by atoms with Crippen LogP contribution in [0.15, 0.2) is 24.4 Å². The molecule has 0 aliphatic carbocycles. The Morgan fingerprint density at radius 3 is 2.80 bits per heavy atom. The summed E-state index contributed by atoms with van der Waals surface area (Å²) in [4.78, 5) is 29.6. The number of amides is 2. The van der Waals surface area contributed by atoms with Gasteiger partial charge in [0.1, 0.15) is 17.5 Å². The molecule has 2 heterocycles. The quantitative estimate of drug-likeness (QED) is 0.893. The SMILES string of the molecule is CC(C)(C)OC(=O)NC1CCN(c2ccccn2)C1=O. The van der Waals surface area contributed by atoms with Crippen molar-refractivity contribution in [2.75, 3.05) is 11.4 Å². The molecular weight excluding hydrogens is 258 g/mol. The molecule has 1 aromatic rings. The predicted molar refractivity (Wildman–Crippen MR) is 74.4 cm³/mol. The average Bonchev–Trinajstić information content (AvgIpc) is 2.70. The van der Waals surface area contributed by atoms with Crippen LogP contribution in [0.25, 0.3) is 0 Å². The van der Waals surface area contributed by atoms with Crippen LogP contribution in [0, 0.1) is 0 Å². The zero-order valence-corrected chi connectivity index (χ0v) is 11.9. The molecule has 2 rings (SSSR count). The Balaban J connectivity index is 1.97. The highest BCUT2D eigenvalue weighted by Gasteiger charge is 2.35. The molecule has 0 bridgehead atoms. The molecular formula is C14H19N3O3. The van der Waals surface area contributed by atoms with Crippen molar-refractivity contribution in [1.29, 1.82) is 0 Å². The molecule has 1 aliphatic heterocycles. The van der Waals surface area contributed by atoms with E-state index in [1.54, 1.807) is 44.0 Å². The number of hydrogen-bond donors (Lipinski definition) is 1. The summed E-state index contributed by atoms with van der Waals surface area (Å²) >= 11 is 0. The fraction of sp³-hybridized carbons (Fsp3) is 0.500. The highest BCUT2D eigenvalue weighted by Crippen LogP contribution is 2.19. The van der Waals surface area contributed by atoms with E-state index in [9.17, 15) is 9.59 Å². The van der Waals surface area contributed by atoms with Gasteiger partial charge in [-0.2, -0.15) is 0 Å². The number of aromatic nitrogens is 1. The lowest BCUT2D eigenvalue weighted by Crippen LogP contribution is -2.43. The number of nitrogens with one attached hydrogen (secondary N) is 1. The molecule has 0 saturated carbocycles. The lowest BCUT2D eigenvalue weighted by molar-refractivity contribution is -0.118. The third-order valence-corrected chi connectivity index (χ3v) is 2.82. The van der Waals surface area contributed by atoms with Crippen LogP contribution in [0.2, 0.25) is 0 Å². The van der Waals surface area contributed by atoms with Crippen molar-refractivity contribution in [2.24, 2.45) is 0 Å². The van der Waals surface area contributed by atoms with E-state index in [-0.39, 0.29) is 5.91 Å². The molecule has 1 atom stereocenters. The van der Waals surface area contributed by atoms with Gasteiger partial charge in [0.15, 0.2) is 0 Å². The van der Waals surface area contributed by atoms with Crippen LogP contribution in [-0.2, 0) is 9.53 Å². The van der Waals surface area contributed by atoms with Crippen LogP contribution >= 0.6 is 0 Å². The largest absolute Gasteiger partial charge is 0.444 e. The molecule has 1 N–H and O–H groups in total. The number of carbonyl (C=O) groups is 2. The number of pyridine rings is 1. The van der Waals surface area contributed by atoms with E-state index in [0.717, 1.165) is 0 Å². The maximum absolute atomic E-state index is 12.2. The second kappa shape index (κ2) is 5.48. The number of anilines is 1. The first-order valence-electron chi connectivity index (χ1n) is 6.59. The lowest BCUT2D eigenvalue weighted by atomic mass is 10.2. The van der Waals surface area contributed by atoms with Gasteiger partial charge in [-0.3, -0.25) is 9.69 Å². The third-order valence-electron chi connectivity index (χ3n) is 2.82. The lowest BCUT2D eigenvalue weighted by Gasteiger charge is -2.21. The van der Waals surface area contributed by atoms with E-state index in [4.69, 9.17) is 4.74 Å². The van der Waals surface area contributed by atoms with Crippen molar-refractivity contribution < 1.29 is 14.3 Å². The number of carbonyl (C=O) groups excluding carboxylic acids is 2. The standard InChI is InChI=1S/C14H19N3O3/c1-14(2,3)20-13(19)16-10-7-9-17(12(10)18)11-6-4-5-8-15-11/h4-6,8,10H,7,9H2,1-3H3,(H,16,19). The van der Waals surface area contributed by atoms with E-state index in [1.807, 2.05) is 6.07 Å². The summed E-state index contributed by atoms with van der Waals surface area (Å²) in [5, 5.41) is 2.60. The smallest absolute Gasteiger partial charge is 0.408 e. The Labute approximate surface area is 118 Å². The van der Waals surface area contributed by atoms with Crippen LogP contribution in [0.3, 0.4) is 0 Å². The Bertz CT molecular complexity index is 496. The van der Waals surface area contributed by atoms with Crippen LogP contribution < -0.4 is 10.2 Å². The van der Waals surface area contributed by atoms with Crippen molar-refractivity contribution in [3.05, 3.63) is 24.4 Å². The van der Waals surface area contributed by atoms with Crippen LogP contribution in [-0.4, -0.2) is 35.2 Å². The van der Waals surface area contributed by atoms with E-state index in [2.05, 4.69) is 10.3 Å². The third kappa shape index (κ3) is 3.46. The summed E-state index contributed by atoms with van der Waals surface area (Å²) in [5.74, 6) is 0.445. The first kappa shape index (κ1) is 14.3. The predicted octanol–water partition coefficient (Wildman–Crippen LogP) is 1.71. The van der Waals surface area contributed by atoms with Gasteiger partial charge in [-0.05, 0) is 39.3 Å². The monoisotopic (exact) mass is 277 g/mol. The maximum atomic E-state index is 12.2. The van der Waals surface area contributed by atoms with Gasteiger partial charge in [-0.1, -0.05) is 6.07 Å². The van der Waals surface area contributed by atoms with E-state index in [1.165, 1.54) is 0 Å². The normalized spacial score (nSPS) is 19.1. The minimum absolute atomic E-state index is 0.158. The maximum Gasteiger partial charge on any atom is 0.408 e. The molecule has 1 saturated heterocycles. The Morgan fingerprint density at radius 2 is 2.20 bits per heavy atom. The molecule has 1 aliphatic rings. The fourth-order valence-corrected chi connectivity index (χ4v) is 2.00. The molecule has 1 fully saturated rings. The fourth-order valence-electron chi connectivity index (χ4n) is 2.00. The van der Waals surface area contributed by atoms with Gasteiger partial charge in [0, 0.05) is 12.7 Å². The van der Waals surface area contributed by atoms with Gasteiger partial charge in [0.05, 0.1) is 0 Å². The molecule has 20 heavy (non-hydrogen) atoms. The highest BCUT2D eigenvalue weighted by molar-refractivity contribution is 6.00. The number of alkyl carbamates (subject to hydrolysis) is 1. The molecule has 0 radical (unpaired) electrons. The van der Waals surface area contributed by atoms with Crippen molar-refractivity contribution in [1.82, 2.24) is 10.3 Å². The summed E-state index contributed by atoms with van der Waals surface area (Å²) in [5.41, 5.74) is -0.577. The Kier molecular flexibility index (Phi) is 3.92.